The Balaban J connectivity index is 2.03. The number of tetrazole rings is 1. The number of aromatic nitrogens is 6. The van der Waals surface area contributed by atoms with Crippen LogP contribution in [0.2, 0.25) is 0 Å². The predicted octanol–water partition coefficient (Wildman–Crippen LogP) is 0.125. The number of anilines is 1. The molecular formula is C9H11N7O. The van der Waals surface area contributed by atoms with Gasteiger partial charge in [-0.15, -0.1) is 5.10 Å². The van der Waals surface area contributed by atoms with Gasteiger partial charge in [0.15, 0.2) is 0 Å². The summed E-state index contributed by atoms with van der Waals surface area (Å²) in [6, 6.07) is 0. The van der Waals surface area contributed by atoms with E-state index in [1.54, 1.807) is 0 Å². The van der Waals surface area contributed by atoms with E-state index in [0.717, 1.165) is 6.42 Å². The van der Waals surface area contributed by atoms with Crippen LogP contribution in [0, 0.1) is 0 Å². The number of amides is 1. The van der Waals surface area contributed by atoms with Gasteiger partial charge in [-0.3, -0.25) is 15.1 Å². The van der Waals surface area contributed by atoms with Gasteiger partial charge in [-0.25, -0.2) is 4.98 Å². The van der Waals surface area contributed by atoms with E-state index in [2.05, 4.69) is 30.7 Å². The van der Waals surface area contributed by atoms with Crippen molar-refractivity contribution >= 4 is 11.9 Å². The topological polar surface area (TPSA) is 98.5 Å². The summed E-state index contributed by atoms with van der Waals surface area (Å²) in [5.74, 6) is -0.247. The highest BCUT2D eigenvalue weighted by Gasteiger charge is 2.10. The lowest BCUT2D eigenvalue weighted by Crippen LogP contribution is -2.15. The summed E-state index contributed by atoms with van der Waals surface area (Å²) in [7, 11) is 0. The molecule has 0 radical (unpaired) electrons. The predicted molar refractivity (Wildman–Crippen MR) is 58.1 cm³/mol. The third-order valence-electron chi connectivity index (χ3n) is 1.90. The fourth-order valence-corrected chi connectivity index (χ4v) is 1.17. The second-order valence-electron chi connectivity index (χ2n) is 3.25. The van der Waals surface area contributed by atoms with Crippen LogP contribution in [0.4, 0.5) is 5.95 Å². The molecule has 2 aromatic heterocycles. The van der Waals surface area contributed by atoms with Crippen LogP contribution < -0.4 is 5.32 Å². The molecule has 0 aliphatic rings. The van der Waals surface area contributed by atoms with Crippen LogP contribution in [0.1, 0.15) is 23.8 Å². The van der Waals surface area contributed by atoms with Crippen LogP contribution in [0.3, 0.4) is 0 Å². The number of carbonyl (C=O) groups excluding carboxylic acids is 1. The lowest BCUT2D eigenvalue weighted by Gasteiger charge is -1.97. The zero-order valence-electron chi connectivity index (χ0n) is 9.24. The number of rotatable bonds is 4. The normalized spacial score (nSPS) is 10.2. The van der Waals surface area contributed by atoms with Crippen LogP contribution in [0.15, 0.2) is 18.6 Å². The Kier molecular flexibility index (Phi) is 3.34. The van der Waals surface area contributed by atoms with Crippen molar-refractivity contribution in [2.45, 2.75) is 19.9 Å². The van der Waals surface area contributed by atoms with E-state index >= 15 is 0 Å². The zero-order chi connectivity index (χ0) is 12.1. The minimum absolute atomic E-state index is 0.161. The average molecular weight is 233 g/mol. The number of hydrogen-bond donors (Lipinski definition) is 1. The molecule has 8 nitrogen and oxygen atoms in total. The number of hydrogen-bond acceptors (Lipinski definition) is 6. The van der Waals surface area contributed by atoms with Gasteiger partial charge < -0.3 is 0 Å². The van der Waals surface area contributed by atoms with Gasteiger partial charge in [-0.05, 0) is 11.6 Å². The minimum Gasteiger partial charge on any atom is -0.286 e. The van der Waals surface area contributed by atoms with Crippen LogP contribution in [0.5, 0.6) is 0 Å². The summed E-state index contributed by atoms with van der Waals surface area (Å²) >= 11 is 0. The summed E-state index contributed by atoms with van der Waals surface area (Å²) in [5, 5.41) is 13.9. The highest BCUT2D eigenvalue weighted by molar-refractivity contribution is 6.01. The zero-order valence-corrected chi connectivity index (χ0v) is 9.24. The highest BCUT2D eigenvalue weighted by Crippen LogP contribution is 1.98. The number of aryl methyl sites for hydroxylation is 1. The maximum absolute atomic E-state index is 11.7. The molecule has 0 saturated carbocycles. The average Bonchev–Trinajstić information content (AvgIpc) is 2.78. The third-order valence-corrected chi connectivity index (χ3v) is 1.90. The second-order valence-corrected chi connectivity index (χ2v) is 3.25. The monoisotopic (exact) mass is 233 g/mol. The minimum atomic E-state index is -0.408. The van der Waals surface area contributed by atoms with E-state index in [1.807, 2.05) is 6.92 Å². The van der Waals surface area contributed by atoms with E-state index in [4.69, 9.17) is 0 Å². The van der Waals surface area contributed by atoms with Crippen LogP contribution >= 0.6 is 0 Å². The molecule has 88 valence electrons. The van der Waals surface area contributed by atoms with Gasteiger partial charge in [-0.2, -0.15) is 4.80 Å². The molecule has 0 spiro atoms. The van der Waals surface area contributed by atoms with Crippen molar-refractivity contribution in [3.8, 4) is 0 Å². The molecule has 0 saturated heterocycles. The maximum Gasteiger partial charge on any atom is 0.278 e. The summed E-state index contributed by atoms with van der Waals surface area (Å²) in [6.07, 6.45) is 5.20. The SMILES string of the molecule is CCCn1nnc(NC(=O)c2cnccn2)n1. The van der Waals surface area contributed by atoms with Gasteiger partial charge >= 0.3 is 0 Å². The number of carbonyl (C=O) groups is 1. The van der Waals surface area contributed by atoms with E-state index in [1.165, 1.54) is 23.4 Å². The molecule has 1 amide bonds. The first kappa shape index (κ1) is 11.1. The molecule has 0 aromatic carbocycles. The van der Waals surface area contributed by atoms with Crippen molar-refractivity contribution in [3.63, 3.8) is 0 Å². The fraction of sp³-hybridized carbons (Fsp3) is 0.333. The summed E-state index contributed by atoms with van der Waals surface area (Å²) in [5.41, 5.74) is 0.208. The first-order valence-corrected chi connectivity index (χ1v) is 5.14. The Morgan fingerprint density at radius 1 is 1.47 bits per heavy atom. The molecular weight excluding hydrogens is 222 g/mol. The Morgan fingerprint density at radius 2 is 2.35 bits per heavy atom. The summed E-state index contributed by atoms with van der Waals surface area (Å²) < 4.78 is 0. The molecule has 17 heavy (non-hydrogen) atoms. The van der Waals surface area contributed by atoms with Crippen LogP contribution in [-0.2, 0) is 6.54 Å². The number of nitrogens with one attached hydrogen (secondary N) is 1. The Labute approximate surface area is 97.1 Å². The number of nitrogens with zero attached hydrogens (tertiary/aromatic N) is 6. The lowest BCUT2D eigenvalue weighted by atomic mass is 10.4. The van der Waals surface area contributed by atoms with E-state index in [9.17, 15) is 4.79 Å². The smallest absolute Gasteiger partial charge is 0.278 e. The maximum atomic E-state index is 11.7. The summed E-state index contributed by atoms with van der Waals surface area (Å²) in [4.78, 5) is 20.7. The molecule has 0 atom stereocenters. The van der Waals surface area contributed by atoms with E-state index < -0.39 is 5.91 Å². The first-order valence-electron chi connectivity index (χ1n) is 5.14. The molecule has 0 unspecified atom stereocenters. The molecule has 8 heteroatoms. The van der Waals surface area contributed by atoms with Crippen molar-refractivity contribution in [1.82, 2.24) is 30.2 Å². The van der Waals surface area contributed by atoms with Crippen molar-refractivity contribution in [3.05, 3.63) is 24.3 Å². The lowest BCUT2D eigenvalue weighted by molar-refractivity contribution is 0.102. The molecule has 2 aromatic rings. The largest absolute Gasteiger partial charge is 0.286 e. The highest BCUT2D eigenvalue weighted by atomic mass is 16.2. The Bertz CT molecular complexity index is 495. The van der Waals surface area contributed by atoms with Gasteiger partial charge in [0, 0.05) is 12.4 Å². The Hall–Kier alpha value is -2.38. The molecule has 0 fully saturated rings. The fourth-order valence-electron chi connectivity index (χ4n) is 1.17. The quantitative estimate of drug-likeness (QED) is 0.805. The molecule has 2 heterocycles. The molecule has 0 aliphatic heterocycles. The summed E-state index contributed by atoms with van der Waals surface area (Å²) in [6.45, 7) is 2.66. The van der Waals surface area contributed by atoms with Crippen molar-refractivity contribution < 1.29 is 4.79 Å². The van der Waals surface area contributed by atoms with Crippen molar-refractivity contribution in [2.75, 3.05) is 5.32 Å². The van der Waals surface area contributed by atoms with E-state index in [-0.39, 0.29) is 11.6 Å². The van der Waals surface area contributed by atoms with Crippen molar-refractivity contribution in [1.29, 1.82) is 0 Å². The van der Waals surface area contributed by atoms with Gasteiger partial charge in [0.05, 0.1) is 12.7 Å². The van der Waals surface area contributed by atoms with Gasteiger partial charge in [-0.1, -0.05) is 12.0 Å². The third kappa shape index (κ3) is 2.80. The molecule has 1 N–H and O–H groups in total. The van der Waals surface area contributed by atoms with Gasteiger partial charge in [0.2, 0.25) is 0 Å². The van der Waals surface area contributed by atoms with Crippen LogP contribution in [0.25, 0.3) is 0 Å². The molecule has 0 bridgehead atoms. The van der Waals surface area contributed by atoms with Gasteiger partial charge in [0.1, 0.15) is 5.69 Å². The van der Waals surface area contributed by atoms with E-state index in [0.29, 0.717) is 6.54 Å². The first-order chi connectivity index (χ1) is 8.29. The Morgan fingerprint density at radius 3 is 3.06 bits per heavy atom. The van der Waals surface area contributed by atoms with Gasteiger partial charge in [0.25, 0.3) is 11.9 Å². The molecule has 0 aliphatic carbocycles. The molecule has 2 rings (SSSR count). The second kappa shape index (κ2) is 5.10. The van der Waals surface area contributed by atoms with Crippen LogP contribution in [-0.4, -0.2) is 36.1 Å². The van der Waals surface area contributed by atoms with Crippen molar-refractivity contribution in [2.24, 2.45) is 0 Å². The standard InChI is InChI=1S/C9H11N7O/c1-2-5-16-14-9(13-15-16)12-8(17)7-6-10-3-4-11-7/h3-4,6H,2,5H2,1H3,(H,12,14,17).